The van der Waals surface area contributed by atoms with Crippen molar-refractivity contribution in [1.29, 1.82) is 0 Å². The van der Waals surface area contributed by atoms with Gasteiger partial charge in [0, 0.05) is 19.3 Å². The standard InChI is InChI=1S/C63H112O6/c1-4-7-10-13-16-19-22-25-28-30-31-33-36-39-42-45-48-51-54-57-63(66)69-60(58-67-61(64)55-52-49-46-43-40-37-34-27-24-21-18-15-12-9-6-3)59-68-62(65)56-53-50-47-44-41-38-35-32-29-26-23-20-17-14-11-8-5-2/h7,10,16,19,25,28,31,33,39,42,60H,4-6,8-9,11-15,17-18,20-24,26-27,29-30,32,34-38,40-41,43-59H2,1-3H3/b10-7-,19-16-,28-25-,33-31-,42-39-/t60-/m0/s1. The Kier molecular flexibility index (Phi) is 55.3. The number of carbonyl (C=O) groups is 3. The summed E-state index contributed by atoms with van der Waals surface area (Å²) in [4.78, 5) is 38.2. The molecule has 0 saturated carbocycles. The van der Waals surface area contributed by atoms with Crippen molar-refractivity contribution in [2.24, 2.45) is 0 Å². The number of ether oxygens (including phenoxy) is 3. The molecule has 0 aromatic carbocycles. The van der Waals surface area contributed by atoms with Crippen LogP contribution in [0.1, 0.15) is 303 Å². The number of carbonyl (C=O) groups excluding carboxylic acids is 3. The molecule has 0 bridgehead atoms. The third-order valence-electron chi connectivity index (χ3n) is 13.0. The monoisotopic (exact) mass is 965 g/mol. The SMILES string of the molecule is CC/C=C\C/C=C\C/C=C\C/C=C\C/C=C\CCCCCC(=O)O[C@@H](COC(=O)CCCCCCCCCCCCCCCCC)COC(=O)CCCCCCCCCCCCCCCCCCC. The Bertz CT molecular complexity index is 1250. The zero-order valence-corrected chi connectivity index (χ0v) is 45.8. The maximum atomic E-state index is 12.9. The van der Waals surface area contributed by atoms with E-state index in [2.05, 4.69) is 81.5 Å². The van der Waals surface area contributed by atoms with Crippen LogP contribution in [0.4, 0.5) is 0 Å². The van der Waals surface area contributed by atoms with E-state index in [9.17, 15) is 14.4 Å². The van der Waals surface area contributed by atoms with E-state index in [0.717, 1.165) is 96.3 Å². The number of unbranched alkanes of at least 4 members (excludes halogenated alkanes) is 33. The molecule has 0 rings (SSSR count). The highest BCUT2D eigenvalue weighted by Gasteiger charge is 2.19. The lowest BCUT2D eigenvalue weighted by molar-refractivity contribution is -0.167. The van der Waals surface area contributed by atoms with E-state index >= 15 is 0 Å². The summed E-state index contributed by atoms with van der Waals surface area (Å²) in [6.07, 6.45) is 72.1. The zero-order valence-electron chi connectivity index (χ0n) is 45.8. The first-order valence-corrected chi connectivity index (χ1v) is 29.8. The second kappa shape index (κ2) is 57.7. The van der Waals surface area contributed by atoms with Crippen LogP contribution in [0.3, 0.4) is 0 Å². The predicted octanol–water partition coefficient (Wildman–Crippen LogP) is 20.0. The molecule has 6 heteroatoms. The molecule has 0 aliphatic rings. The molecule has 1 atom stereocenters. The minimum Gasteiger partial charge on any atom is -0.462 e. The number of esters is 3. The fourth-order valence-corrected chi connectivity index (χ4v) is 8.59. The maximum Gasteiger partial charge on any atom is 0.306 e. The minimum atomic E-state index is -0.789. The van der Waals surface area contributed by atoms with Gasteiger partial charge in [0.05, 0.1) is 0 Å². The average Bonchev–Trinajstić information content (AvgIpc) is 3.35. The fraction of sp³-hybridized carbons (Fsp3) is 0.794. The highest BCUT2D eigenvalue weighted by molar-refractivity contribution is 5.71. The molecule has 0 radical (unpaired) electrons. The Labute approximate surface area is 428 Å². The first-order chi connectivity index (χ1) is 34.0. The van der Waals surface area contributed by atoms with Crippen LogP contribution in [0.2, 0.25) is 0 Å². The third-order valence-corrected chi connectivity index (χ3v) is 13.0. The Morgan fingerprint density at radius 2 is 0.565 bits per heavy atom. The van der Waals surface area contributed by atoms with Crippen LogP contribution < -0.4 is 0 Å². The van der Waals surface area contributed by atoms with Crippen molar-refractivity contribution >= 4 is 17.9 Å². The van der Waals surface area contributed by atoms with Crippen molar-refractivity contribution in [3.63, 3.8) is 0 Å². The lowest BCUT2D eigenvalue weighted by atomic mass is 10.0. The highest BCUT2D eigenvalue weighted by atomic mass is 16.6. The molecule has 0 heterocycles. The molecule has 0 amide bonds. The van der Waals surface area contributed by atoms with Gasteiger partial charge in [-0.2, -0.15) is 0 Å². The Balaban J connectivity index is 4.41. The van der Waals surface area contributed by atoms with Gasteiger partial charge in [0.2, 0.25) is 0 Å². The van der Waals surface area contributed by atoms with Crippen LogP contribution in [0, 0.1) is 0 Å². The topological polar surface area (TPSA) is 78.9 Å². The molecule has 400 valence electrons. The van der Waals surface area contributed by atoms with Crippen molar-refractivity contribution in [2.75, 3.05) is 13.2 Å². The van der Waals surface area contributed by atoms with Gasteiger partial charge in [0.25, 0.3) is 0 Å². The average molecular weight is 966 g/mol. The number of rotatable bonds is 54. The van der Waals surface area contributed by atoms with Crippen LogP contribution in [0.5, 0.6) is 0 Å². The van der Waals surface area contributed by atoms with Gasteiger partial charge in [0.1, 0.15) is 13.2 Å². The molecule has 0 aromatic rings. The van der Waals surface area contributed by atoms with Gasteiger partial charge < -0.3 is 14.2 Å². The van der Waals surface area contributed by atoms with Gasteiger partial charge in [-0.1, -0.05) is 281 Å². The molecule has 0 aromatic heterocycles. The van der Waals surface area contributed by atoms with Crippen molar-refractivity contribution < 1.29 is 28.6 Å². The van der Waals surface area contributed by atoms with Crippen LogP contribution >= 0.6 is 0 Å². The number of allylic oxidation sites excluding steroid dienone is 10. The van der Waals surface area contributed by atoms with E-state index in [1.54, 1.807) is 0 Å². The van der Waals surface area contributed by atoms with E-state index < -0.39 is 6.10 Å². The van der Waals surface area contributed by atoms with Gasteiger partial charge in [-0.05, 0) is 64.2 Å². The molecular formula is C63H112O6. The summed E-state index contributed by atoms with van der Waals surface area (Å²) in [5.41, 5.74) is 0. The van der Waals surface area contributed by atoms with Gasteiger partial charge in [-0.3, -0.25) is 14.4 Å². The zero-order chi connectivity index (χ0) is 50.0. The normalized spacial score (nSPS) is 12.4. The molecule has 6 nitrogen and oxygen atoms in total. The van der Waals surface area contributed by atoms with Gasteiger partial charge >= 0.3 is 17.9 Å². The Morgan fingerprint density at radius 3 is 0.884 bits per heavy atom. The van der Waals surface area contributed by atoms with Crippen LogP contribution in [-0.4, -0.2) is 37.2 Å². The molecule has 69 heavy (non-hydrogen) atoms. The van der Waals surface area contributed by atoms with Crippen molar-refractivity contribution in [1.82, 2.24) is 0 Å². The summed E-state index contributed by atoms with van der Waals surface area (Å²) >= 11 is 0. The summed E-state index contributed by atoms with van der Waals surface area (Å²) in [6, 6.07) is 0. The van der Waals surface area contributed by atoms with Gasteiger partial charge in [-0.15, -0.1) is 0 Å². The van der Waals surface area contributed by atoms with Gasteiger partial charge in [0.15, 0.2) is 6.10 Å². The van der Waals surface area contributed by atoms with E-state index in [-0.39, 0.29) is 31.1 Å². The molecule has 0 fully saturated rings. The summed E-state index contributed by atoms with van der Waals surface area (Å²) in [7, 11) is 0. The molecule has 0 saturated heterocycles. The quantitative estimate of drug-likeness (QED) is 0.0262. The Hall–Kier alpha value is -2.89. The largest absolute Gasteiger partial charge is 0.462 e. The summed E-state index contributed by atoms with van der Waals surface area (Å²) in [5.74, 6) is -0.899. The fourth-order valence-electron chi connectivity index (χ4n) is 8.59. The van der Waals surface area contributed by atoms with Crippen molar-refractivity contribution in [3.05, 3.63) is 60.8 Å². The first-order valence-electron chi connectivity index (χ1n) is 29.8. The van der Waals surface area contributed by atoms with Crippen LogP contribution in [0.15, 0.2) is 60.8 Å². The predicted molar refractivity (Wildman–Crippen MR) is 298 cm³/mol. The lowest BCUT2D eigenvalue weighted by Crippen LogP contribution is -2.30. The molecular weight excluding hydrogens is 853 g/mol. The first kappa shape index (κ1) is 66.1. The smallest absolute Gasteiger partial charge is 0.306 e. The van der Waals surface area contributed by atoms with E-state index in [1.165, 1.54) is 167 Å². The van der Waals surface area contributed by atoms with E-state index in [1.807, 2.05) is 0 Å². The molecule has 0 unspecified atom stereocenters. The van der Waals surface area contributed by atoms with E-state index in [4.69, 9.17) is 14.2 Å². The molecule has 0 N–H and O–H groups in total. The maximum absolute atomic E-state index is 12.9. The third kappa shape index (κ3) is 55.9. The summed E-state index contributed by atoms with van der Waals surface area (Å²) in [6.45, 7) is 6.54. The minimum absolute atomic E-state index is 0.0835. The van der Waals surface area contributed by atoms with Crippen LogP contribution in [0.25, 0.3) is 0 Å². The molecule has 0 aliphatic carbocycles. The van der Waals surface area contributed by atoms with E-state index in [0.29, 0.717) is 19.3 Å². The highest BCUT2D eigenvalue weighted by Crippen LogP contribution is 2.17. The summed E-state index contributed by atoms with van der Waals surface area (Å²) < 4.78 is 16.9. The van der Waals surface area contributed by atoms with Crippen LogP contribution in [-0.2, 0) is 28.6 Å². The molecule has 0 aliphatic heterocycles. The van der Waals surface area contributed by atoms with Crippen molar-refractivity contribution in [3.8, 4) is 0 Å². The number of hydrogen-bond donors (Lipinski definition) is 0. The number of hydrogen-bond acceptors (Lipinski definition) is 6. The second-order valence-corrected chi connectivity index (χ2v) is 19.9. The van der Waals surface area contributed by atoms with Crippen molar-refractivity contribution in [2.45, 2.75) is 309 Å². The van der Waals surface area contributed by atoms with Gasteiger partial charge in [-0.25, -0.2) is 0 Å². The Morgan fingerprint density at radius 1 is 0.304 bits per heavy atom. The second-order valence-electron chi connectivity index (χ2n) is 19.9. The molecule has 0 spiro atoms. The lowest BCUT2D eigenvalue weighted by Gasteiger charge is -2.18. The summed E-state index contributed by atoms with van der Waals surface area (Å²) in [5, 5.41) is 0.